The van der Waals surface area contributed by atoms with Crippen LogP contribution in [0.4, 0.5) is 4.39 Å². The smallest absolute Gasteiger partial charge is 0.123 e. The van der Waals surface area contributed by atoms with Crippen molar-refractivity contribution in [2.75, 3.05) is 0 Å². The fourth-order valence-corrected chi connectivity index (χ4v) is 1.71. The van der Waals surface area contributed by atoms with Crippen LogP contribution in [0.15, 0.2) is 54.6 Å². The quantitative estimate of drug-likeness (QED) is 0.854. The Hall–Kier alpha value is -1.71. The maximum absolute atomic E-state index is 13.0. The summed E-state index contributed by atoms with van der Waals surface area (Å²) in [5.41, 5.74) is 0.964. The molecule has 2 atom stereocenters. The lowest BCUT2D eigenvalue weighted by Gasteiger charge is -2.18. The first-order chi connectivity index (χ1) is 8.18. The largest absolute Gasteiger partial charge is 0.385 e. The summed E-state index contributed by atoms with van der Waals surface area (Å²) in [6.07, 6.45) is -2.19. The standard InChI is InChI=1S/C14H13FO2/c15-12-8-4-7-11(9-12)14(17)13(16)10-5-2-1-3-6-10/h1-9,13-14,16-17H. The van der Waals surface area contributed by atoms with Gasteiger partial charge in [-0.3, -0.25) is 0 Å². The van der Waals surface area contributed by atoms with Crippen molar-refractivity contribution < 1.29 is 14.6 Å². The summed E-state index contributed by atoms with van der Waals surface area (Å²) in [4.78, 5) is 0. The molecular weight excluding hydrogens is 219 g/mol. The van der Waals surface area contributed by atoms with Crippen LogP contribution in [0.1, 0.15) is 23.3 Å². The van der Waals surface area contributed by atoms with E-state index in [0.29, 0.717) is 11.1 Å². The van der Waals surface area contributed by atoms with Gasteiger partial charge in [-0.1, -0.05) is 42.5 Å². The second-order valence-electron chi connectivity index (χ2n) is 3.86. The molecule has 0 spiro atoms. The first kappa shape index (κ1) is 11.8. The summed E-state index contributed by atoms with van der Waals surface area (Å²) in [6, 6.07) is 14.4. The minimum atomic E-state index is -1.13. The number of halogens is 1. The van der Waals surface area contributed by atoms with Crippen LogP contribution in [0, 0.1) is 5.82 Å². The number of hydrogen-bond acceptors (Lipinski definition) is 2. The molecule has 0 aliphatic rings. The molecule has 0 saturated carbocycles. The molecular formula is C14H13FO2. The van der Waals surface area contributed by atoms with Crippen LogP contribution >= 0.6 is 0 Å². The summed E-state index contributed by atoms with van der Waals surface area (Å²) in [5.74, 6) is -0.429. The number of aliphatic hydroxyl groups excluding tert-OH is 2. The average Bonchev–Trinajstić information content (AvgIpc) is 2.38. The molecule has 2 aromatic rings. The van der Waals surface area contributed by atoms with Gasteiger partial charge in [0.25, 0.3) is 0 Å². The SMILES string of the molecule is OC(c1ccccc1)C(O)c1cccc(F)c1. The molecule has 2 N–H and O–H groups in total. The first-order valence-corrected chi connectivity index (χ1v) is 5.35. The Morgan fingerprint density at radius 2 is 1.35 bits per heavy atom. The van der Waals surface area contributed by atoms with Gasteiger partial charge in [-0.15, -0.1) is 0 Å². The van der Waals surface area contributed by atoms with Crippen LogP contribution in [0.2, 0.25) is 0 Å². The highest BCUT2D eigenvalue weighted by Crippen LogP contribution is 2.28. The molecule has 2 aromatic carbocycles. The highest BCUT2D eigenvalue weighted by Gasteiger charge is 2.20. The maximum Gasteiger partial charge on any atom is 0.123 e. The lowest BCUT2D eigenvalue weighted by Crippen LogP contribution is -2.10. The van der Waals surface area contributed by atoms with Crippen LogP contribution < -0.4 is 0 Å². The normalized spacial score (nSPS) is 14.3. The predicted octanol–water partition coefficient (Wildman–Crippen LogP) is 2.59. The molecule has 0 radical (unpaired) electrons. The molecule has 0 heterocycles. The average molecular weight is 232 g/mol. The summed E-state index contributed by atoms with van der Waals surface area (Å²) in [5, 5.41) is 19.9. The van der Waals surface area contributed by atoms with E-state index in [9.17, 15) is 14.6 Å². The lowest BCUT2D eigenvalue weighted by molar-refractivity contribution is 0.0171. The van der Waals surface area contributed by atoms with Crippen molar-refractivity contribution in [3.8, 4) is 0 Å². The molecule has 2 unspecified atom stereocenters. The molecule has 88 valence electrons. The second-order valence-corrected chi connectivity index (χ2v) is 3.86. The Morgan fingerprint density at radius 1 is 0.765 bits per heavy atom. The first-order valence-electron chi connectivity index (χ1n) is 5.35. The van der Waals surface area contributed by atoms with Crippen molar-refractivity contribution in [1.29, 1.82) is 0 Å². The third kappa shape index (κ3) is 2.70. The minimum Gasteiger partial charge on any atom is -0.385 e. The Balaban J connectivity index is 2.23. The predicted molar refractivity (Wildman–Crippen MR) is 62.8 cm³/mol. The highest BCUT2D eigenvalue weighted by molar-refractivity contribution is 5.25. The number of rotatable bonds is 3. The van der Waals surface area contributed by atoms with Gasteiger partial charge in [0.05, 0.1) is 0 Å². The fourth-order valence-electron chi connectivity index (χ4n) is 1.71. The molecule has 0 aliphatic heterocycles. The summed E-state index contributed by atoms with van der Waals surface area (Å²) >= 11 is 0. The summed E-state index contributed by atoms with van der Waals surface area (Å²) in [6.45, 7) is 0. The van der Waals surface area contributed by atoms with E-state index >= 15 is 0 Å². The Labute approximate surface area is 99.0 Å². The lowest BCUT2D eigenvalue weighted by atomic mass is 9.98. The maximum atomic E-state index is 13.0. The van der Waals surface area contributed by atoms with Gasteiger partial charge in [0.15, 0.2) is 0 Å². The Bertz CT molecular complexity index is 485. The third-order valence-corrected chi connectivity index (χ3v) is 2.63. The zero-order chi connectivity index (χ0) is 12.3. The monoisotopic (exact) mass is 232 g/mol. The molecule has 2 nitrogen and oxygen atoms in total. The van der Waals surface area contributed by atoms with Crippen molar-refractivity contribution in [3.63, 3.8) is 0 Å². The van der Waals surface area contributed by atoms with E-state index in [0.717, 1.165) is 0 Å². The number of hydrogen-bond donors (Lipinski definition) is 2. The molecule has 3 heteroatoms. The van der Waals surface area contributed by atoms with E-state index < -0.39 is 18.0 Å². The van der Waals surface area contributed by atoms with Crippen molar-refractivity contribution in [2.45, 2.75) is 12.2 Å². The zero-order valence-electron chi connectivity index (χ0n) is 9.12. The molecule has 0 aromatic heterocycles. The Kier molecular flexibility index (Phi) is 3.52. The van der Waals surface area contributed by atoms with Gasteiger partial charge < -0.3 is 10.2 Å². The number of benzene rings is 2. The zero-order valence-corrected chi connectivity index (χ0v) is 9.12. The van der Waals surface area contributed by atoms with Crippen LogP contribution in [0.25, 0.3) is 0 Å². The van der Waals surface area contributed by atoms with Gasteiger partial charge in [-0.25, -0.2) is 4.39 Å². The van der Waals surface area contributed by atoms with Crippen LogP contribution in [0.3, 0.4) is 0 Å². The van der Waals surface area contributed by atoms with Crippen molar-refractivity contribution in [1.82, 2.24) is 0 Å². The third-order valence-electron chi connectivity index (χ3n) is 2.63. The molecule has 0 aliphatic carbocycles. The van der Waals surface area contributed by atoms with Crippen molar-refractivity contribution in [2.24, 2.45) is 0 Å². The Morgan fingerprint density at radius 3 is 2.00 bits per heavy atom. The topological polar surface area (TPSA) is 40.5 Å². The van der Waals surface area contributed by atoms with E-state index in [2.05, 4.69) is 0 Å². The molecule has 2 rings (SSSR count). The van der Waals surface area contributed by atoms with Gasteiger partial charge in [-0.05, 0) is 23.3 Å². The molecule has 0 fully saturated rings. The van der Waals surface area contributed by atoms with Crippen LogP contribution in [0.5, 0.6) is 0 Å². The molecule has 17 heavy (non-hydrogen) atoms. The molecule has 0 bridgehead atoms. The minimum absolute atomic E-state index is 0.362. The van der Waals surface area contributed by atoms with E-state index in [4.69, 9.17) is 0 Å². The van der Waals surface area contributed by atoms with Crippen molar-refractivity contribution in [3.05, 3.63) is 71.5 Å². The van der Waals surface area contributed by atoms with E-state index in [1.807, 2.05) is 6.07 Å². The van der Waals surface area contributed by atoms with E-state index in [-0.39, 0.29) is 0 Å². The van der Waals surface area contributed by atoms with Gasteiger partial charge in [0, 0.05) is 0 Å². The van der Waals surface area contributed by atoms with E-state index in [1.165, 1.54) is 18.2 Å². The van der Waals surface area contributed by atoms with Gasteiger partial charge in [0.2, 0.25) is 0 Å². The van der Waals surface area contributed by atoms with Crippen LogP contribution in [-0.4, -0.2) is 10.2 Å². The number of aliphatic hydroxyl groups is 2. The molecule has 0 amide bonds. The summed E-state index contributed by atoms with van der Waals surface area (Å²) < 4.78 is 13.0. The highest BCUT2D eigenvalue weighted by atomic mass is 19.1. The van der Waals surface area contributed by atoms with Crippen molar-refractivity contribution >= 4 is 0 Å². The molecule has 0 saturated heterocycles. The van der Waals surface area contributed by atoms with Gasteiger partial charge in [-0.2, -0.15) is 0 Å². The van der Waals surface area contributed by atoms with Gasteiger partial charge in [0.1, 0.15) is 18.0 Å². The van der Waals surface area contributed by atoms with Crippen LogP contribution in [-0.2, 0) is 0 Å². The summed E-state index contributed by atoms with van der Waals surface area (Å²) in [7, 11) is 0. The van der Waals surface area contributed by atoms with Gasteiger partial charge >= 0.3 is 0 Å². The fraction of sp³-hybridized carbons (Fsp3) is 0.143. The second kappa shape index (κ2) is 5.08. The van der Waals surface area contributed by atoms with E-state index in [1.54, 1.807) is 30.3 Å².